The van der Waals surface area contributed by atoms with Crippen molar-refractivity contribution in [2.75, 3.05) is 18.5 Å². The Bertz CT molecular complexity index is 730. The number of rotatable bonds is 6. The van der Waals surface area contributed by atoms with Gasteiger partial charge in [0, 0.05) is 22.3 Å². The van der Waals surface area contributed by atoms with Gasteiger partial charge in [-0.1, -0.05) is 15.9 Å². The number of hydrogen-bond acceptors (Lipinski definition) is 3. The molecule has 2 rings (SSSR count). The number of carbonyl (C=O) groups is 2. The number of halogens is 1. The molecule has 0 saturated heterocycles. The van der Waals surface area contributed by atoms with Crippen molar-refractivity contribution in [1.29, 1.82) is 0 Å². The molecule has 0 aliphatic rings. The zero-order valence-corrected chi connectivity index (χ0v) is 15.1. The summed E-state index contributed by atoms with van der Waals surface area (Å²) in [5.41, 5.74) is 2.12. The molecule has 0 bridgehead atoms. The zero-order valence-electron chi connectivity index (χ0n) is 13.6. The quantitative estimate of drug-likeness (QED) is 0.792. The minimum Gasteiger partial charge on any atom is -0.483 e. The molecule has 0 unspecified atom stereocenters. The lowest BCUT2D eigenvalue weighted by molar-refractivity contribution is -0.118. The van der Waals surface area contributed by atoms with Crippen LogP contribution in [0.1, 0.15) is 22.8 Å². The van der Waals surface area contributed by atoms with Crippen LogP contribution in [0.2, 0.25) is 0 Å². The minimum atomic E-state index is -0.261. The smallest absolute Gasteiger partial charge is 0.262 e. The molecule has 2 aromatic rings. The monoisotopic (exact) mass is 390 g/mol. The second kappa shape index (κ2) is 8.49. The first-order valence-electron chi connectivity index (χ1n) is 7.56. The second-order valence-electron chi connectivity index (χ2n) is 5.18. The number of carbonyl (C=O) groups excluding carboxylic acids is 2. The molecule has 0 aliphatic carbocycles. The summed E-state index contributed by atoms with van der Waals surface area (Å²) in [7, 11) is 0. The van der Waals surface area contributed by atoms with Crippen LogP contribution in [-0.4, -0.2) is 25.0 Å². The van der Waals surface area contributed by atoms with Crippen LogP contribution in [0.5, 0.6) is 5.75 Å². The maximum Gasteiger partial charge on any atom is 0.262 e. The van der Waals surface area contributed by atoms with Gasteiger partial charge in [-0.05, 0) is 61.9 Å². The first-order chi connectivity index (χ1) is 11.5. The van der Waals surface area contributed by atoms with Gasteiger partial charge in [-0.3, -0.25) is 9.59 Å². The van der Waals surface area contributed by atoms with E-state index in [9.17, 15) is 9.59 Å². The first-order valence-corrected chi connectivity index (χ1v) is 8.36. The van der Waals surface area contributed by atoms with Gasteiger partial charge >= 0.3 is 0 Å². The largest absolute Gasteiger partial charge is 0.483 e. The molecule has 0 aromatic heterocycles. The van der Waals surface area contributed by atoms with Gasteiger partial charge in [-0.25, -0.2) is 0 Å². The van der Waals surface area contributed by atoms with Crippen LogP contribution in [-0.2, 0) is 4.79 Å². The Kier molecular flexibility index (Phi) is 6.37. The van der Waals surface area contributed by atoms with E-state index in [4.69, 9.17) is 4.74 Å². The van der Waals surface area contributed by atoms with E-state index in [1.807, 2.05) is 32.0 Å². The average molecular weight is 391 g/mol. The van der Waals surface area contributed by atoms with Gasteiger partial charge in [-0.2, -0.15) is 0 Å². The predicted octanol–water partition coefficient (Wildman–Crippen LogP) is 3.52. The van der Waals surface area contributed by atoms with E-state index in [1.54, 1.807) is 24.3 Å². The fourth-order valence-corrected chi connectivity index (χ4v) is 2.56. The highest BCUT2D eigenvalue weighted by atomic mass is 79.9. The lowest BCUT2D eigenvalue weighted by Gasteiger charge is -2.10. The number of anilines is 1. The van der Waals surface area contributed by atoms with Crippen LogP contribution < -0.4 is 15.4 Å². The van der Waals surface area contributed by atoms with Crippen molar-refractivity contribution in [2.45, 2.75) is 13.8 Å². The van der Waals surface area contributed by atoms with Crippen molar-refractivity contribution in [3.05, 3.63) is 58.1 Å². The summed E-state index contributed by atoms with van der Waals surface area (Å²) in [5.74, 6) is 0.271. The molecule has 0 atom stereocenters. The highest BCUT2D eigenvalue weighted by molar-refractivity contribution is 9.10. The van der Waals surface area contributed by atoms with E-state index >= 15 is 0 Å². The van der Waals surface area contributed by atoms with Gasteiger partial charge in [0.2, 0.25) is 0 Å². The van der Waals surface area contributed by atoms with E-state index in [-0.39, 0.29) is 18.4 Å². The highest BCUT2D eigenvalue weighted by Gasteiger charge is 2.07. The van der Waals surface area contributed by atoms with Crippen molar-refractivity contribution in [3.8, 4) is 5.75 Å². The fraction of sp³-hybridized carbons (Fsp3) is 0.222. The van der Waals surface area contributed by atoms with Gasteiger partial charge in [0.25, 0.3) is 11.8 Å². The van der Waals surface area contributed by atoms with Crippen LogP contribution in [0.3, 0.4) is 0 Å². The van der Waals surface area contributed by atoms with Crippen molar-refractivity contribution in [1.82, 2.24) is 5.32 Å². The van der Waals surface area contributed by atoms with Gasteiger partial charge in [-0.15, -0.1) is 0 Å². The van der Waals surface area contributed by atoms with E-state index < -0.39 is 0 Å². The van der Waals surface area contributed by atoms with Gasteiger partial charge in [0.05, 0.1) is 0 Å². The summed E-state index contributed by atoms with van der Waals surface area (Å²) in [6, 6.07) is 12.3. The summed E-state index contributed by atoms with van der Waals surface area (Å²) in [6.07, 6.45) is 0. The number of hydrogen-bond donors (Lipinski definition) is 2. The molecule has 6 heteroatoms. The van der Waals surface area contributed by atoms with E-state index in [0.717, 1.165) is 10.0 Å². The van der Waals surface area contributed by atoms with Gasteiger partial charge in [0.15, 0.2) is 6.61 Å². The molecule has 0 fully saturated rings. The summed E-state index contributed by atoms with van der Waals surface area (Å²) in [5, 5.41) is 5.46. The molecule has 0 saturated carbocycles. The number of aryl methyl sites for hydroxylation is 1. The third kappa shape index (κ3) is 5.09. The molecule has 2 amide bonds. The molecule has 0 radical (unpaired) electrons. The predicted molar refractivity (Wildman–Crippen MR) is 97.5 cm³/mol. The number of ether oxygens (including phenoxy) is 1. The summed E-state index contributed by atoms with van der Waals surface area (Å²) >= 11 is 3.38. The van der Waals surface area contributed by atoms with Crippen LogP contribution in [0.15, 0.2) is 46.9 Å². The van der Waals surface area contributed by atoms with Crippen molar-refractivity contribution >= 4 is 33.4 Å². The van der Waals surface area contributed by atoms with Crippen LogP contribution in [0, 0.1) is 6.92 Å². The Balaban J connectivity index is 1.89. The Labute approximate surface area is 149 Å². The normalized spacial score (nSPS) is 10.1. The Morgan fingerprint density at radius 2 is 1.83 bits per heavy atom. The van der Waals surface area contributed by atoms with Crippen LogP contribution in [0.25, 0.3) is 0 Å². The molecule has 126 valence electrons. The van der Waals surface area contributed by atoms with E-state index in [0.29, 0.717) is 23.5 Å². The van der Waals surface area contributed by atoms with Crippen LogP contribution >= 0.6 is 15.9 Å². The topological polar surface area (TPSA) is 67.4 Å². The average Bonchev–Trinajstić information content (AvgIpc) is 2.55. The van der Waals surface area contributed by atoms with Gasteiger partial charge in [0.1, 0.15) is 5.75 Å². The van der Waals surface area contributed by atoms with Crippen molar-refractivity contribution < 1.29 is 14.3 Å². The summed E-state index contributed by atoms with van der Waals surface area (Å²) in [4.78, 5) is 23.6. The van der Waals surface area contributed by atoms with E-state index in [1.165, 1.54) is 0 Å². The standard InChI is InChI=1S/C18H19BrN2O3/c1-3-20-18(23)13-4-7-15(8-5-13)21-17(22)11-24-16-9-6-14(19)10-12(16)2/h4-10H,3,11H2,1-2H3,(H,20,23)(H,21,22). The van der Waals surface area contributed by atoms with Crippen molar-refractivity contribution in [2.24, 2.45) is 0 Å². The highest BCUT2D eigenvalue weighted by Crippen LogP contribution is 2.22. The minimum absolute atomic E-state index is 0.0828. The van der Waals surface area contributed by atoms with E-state index in [2.05, 4.69) is 26.6 Å². The SMILES string of the molecule is CCNC(=O)c1ccc(NC(=O)COc2ccc(Br)cc2C)cc1. The number of amides is 2. The molecule has 2 N–H and O–H groups in total. The molecule has 24 heavy (non-hydrogen) atoms. The maximum absolute atomic E-state index is 12.0. The third-order valence-corrected chi connectivity index (χ3v) is 3.76. The first kappa shape index (κ1) is 18.0. The number of benzene rings is 2. The van der Waals surface area contributed by atoms with Crippen LogP contribution in [0.4, 0.5) is 5.69 Å². The molecule has 5 nitrogen and oxygen atoms in total. The third-order valence-electron chi connectivity index (χ3n) is 3.26. The molecular formula is C18H19BrN2O3. The number of nitrogens with one attached hydrogen (secondary N) is 2. The lowest BCUT2D eigenvalue weighted by atomic mass is 10.2. The molecular weight excluding hydrogens is 372 g/mol. The fourth-order valence-electron chi connectivity index (χ4n) is 2.08. The Morgan fingerprint density at radius 1 is 1.12 bits per heavy atom. The second-order valence-corrected chi connectivity index (χ2v) is 6.10. The molecule has 0 spiro atoms. The summed E-state index contributed by atoms with van der Waals surface area (Å²) in [6.45, 7) is 4.27. The van der Waals surface area contributed by atoms with Gasteiger partial charge < -0.3 is 15.4 Å². The maximum atomic E-state index is 12.0. The Morgan fingerprint density at radius 3 is 2.46 bits per heavy atom. The summed E-state index contributed by atoms with van der Waals surface area (Å²) < 4.78 is 6.48. The Hall–Kier alpha value is -2.34. The zero-order chi connectivity index (χ0) is 17.5. The lowest BCUT2D eigenvalue weighted by Crippen LogP contribution is -2.23. The molecule has 0 heterocycles. The van der Waals surface area contributed by atoms with Crippen molar-refractivity contribution in [3.63, 3.8) is 0 Å². The molecule has 2 aromatic carbocycles. The molecule has 0 aliphatic heterocycles.